The zero-order chi connectivity index (χ0) is 23.9. The van der Waals surface area contributed by atoms with E-state index >= 15 is 0 Å². The van der Waals surface area contributed by atoms with E-state index in [0.29, 0.717) is 6.61 Å². The number of piperidine rings is 1. The molecule has 2 saturated heterocycles. The smallest absolute Gasteiger partial charge is 0.410 e. The lowest BCUT2D eigenvalue weighted by Crippen LogP contribution is -2.48. The Bertz CT molecular complexity index is 1220. The van der Waals surface area contributed by atoms with Gasteiger partial charge in [0.2, 0.25) is 0 Å². The van der Waals surface area contributed by atoms with E-state index in [1.165, 1.54) is 22.3 Å². The molecule has 3 aromatic carbocycles. The molecule has 0 aromatic heterocycles. The van der Waals surface area contributed by atoms with Crippen LogP contribution in [-0.2, 0) is 11.2 Å². The number of amides is 1. The van der Waals surface area contributed by atoms with E-state index in [1.54, 1.807) is 0 Å². The van der Waals surface area contributed by atoms with Gasteiger partial charge in [-0.05, 0) is 59.9 Å². The number of carbonyl (C=O) groups excluding carboxylic acids is 2. The van der Waals surface area contributed by atoms with Crippen LogP contribution in [0.2, 0.25) is 0 Å². The Balaban J connectivity index is 1.15. The second-order valence-corrected chi connectivity index (χ2v) is 10.1. The summed E-state index contributed by atoms with van der Waals surface area (Å²) in [6, 6.07) is 24.9. The highest BCUT2D eigenvalue weighted by molar-refractivity contribution is 5.99. The lowest BCUT2D eigenvalue weighted by molar-refractivity contribution is 0.0505. The molecular weight excluding hydrogens is 434 g/mol. The molecule has 1 aliphatic carbocycles. The first-order chi connectivity index (χ1) is 17.2. The number of Topliss-reactive ketones (excluding diaryl/α,β-unsaturated/α-hetero) is 1. The Kier molecular flexibility index (Phi) is 5.68. The molecule has 2 atom stereocenters. The van der Waals surface area contributed by atoms with Gasteiger partial charge in [-0.15, -0.1) is 0 Å². The second kappa shape index (κ2) is 8.99. The molecule has 2 aliphatic heterocycles. The molecule has 4 nitrogen and oxygen atoms in total. The number of ketones is 1. The molecule has 35 heavy (non-hydrogen) atoms. The zero-order valence-corrected chi connectivity index (χ0v) is 20.2. The van der Waals surface area contributed by atoms with Crippen molar-refractivity contribution in [3.8, 4) is 11.1 Å². The number of nitrogens with zero attached hydrogens (tertiary/aromatic N) is 1. The molecule has 0 spiro atoms. The van der Waals surface area contributed by atoms with E-state index in [1.807, 2.05) is 29.2 Å². The number of rotatable bonds is 5. The van der Waals surface area contributed by atoms with Crippen molar-refractivity contribution in [2.24, 2.45) is 5.92 Å². The molecule has 3 aromatic rings. The molecular formula is C31H31NO3. The summed E-state index contributed by atoms with van der Waals surface area (Å²) >= 11 is 0. The fourth-order valence-corrected chi connectivity index (χ4v) is 6.65. The van der Waals surface area contributed by atoms with Crippen LogP contribution in [-0.4, -0.2) is 35.5 Å². The molecule has 2 fully saturated rings. The minimum atomic E-state index is -0.223. The van der Waals surface area contributed by atoms with Gasteiger partial charge in [-0.1, -0.05) is 79.7 Å². The molecule has 4 heteroatoms. The van der Waals surface area contributed by atoms with Crippen LogP contribution in [0.4, 0.5) is 4.79 Å². The number of carbonyl (C=O) groups is 2. The Labute approximate surface area is 206 Å². The number of benzene rings is 3. The fourth-order valence-electron chi connectivity index (χ4n) is 6.65. The summed E-state index contributed by atoms with van der Waals surface area (Å²) in [6.07, 6.45) is 4.00. The molecule has 178 valence electrons. The van der Waals surface area contributed by atoms with Gasteiger partial charge >= 0.3 is 6.09 Å². The molecule has 2 unspecified atom stereocenters. The molecule has 0 saturated carbocycles. The summed E-state index contributed by atoms with van der Waals surface area (Å²) in [4.78, 5) is 28.6. The Morgan fingerprint density at radius 2 is 1.40 bits per heavy atom. The van der Waals surface area contributed by atoms with Crippen molar-refractivity contribution in [2.75, 3.05) is 6.61 Å². The predicted molar refractivity (Wildman–Crippen MR) is 137 cm³/mol. The van der Waals surface area contributed by atoms with Crippen LogP contribution >= 0.6 is 0 Å². The van der Waals surface area contributed by atoms with Gasteiger partial charge in [0.25, 0.3) is 0 Å². The lowest BCUT2D eigenvalue weighted by Gasteiger charge is -2.38. The highest BCUT2D eigenvalue weighted by Crippen LogP contribution is 2.45. The topological polar surface area (TPSA) is 46.6 Å². The summed E-state index contributed by atoms with van der Waals surface area (Å²) in [5, 5.41) is 0. The molecule has 3 aliphatic rings. The highest BCUT2D eigenvalue weighted by Gasteiger charge is 2.46. The first-order valence-corrected chi connectivity index (χ1v) is 12.9. The van der Waals surface area contributed by atoms with Crippen LogP contribution in [0.1, 0.15) is 65.6 Å². The summed E-state index contributed by atoms with van der Waals surface area (Å²) in [5.74, 6) is 0.290. The highest BCUT2D eigenvalue weighted by atomic mass is 16.6. The summed E-state index contributed by atoms with van der Waals surface area (Å²) < 4.78 is 5.98. The number of aryl methyl sites for hydroxylation is 1. The molecule has 2 heterocycles. The first kappa shape index (κ1) is 22.1. The molecule has 6 rings (SSSR count). The summed E-state index contributed by atoms with van der Waals surface area (Å²) in [6.45, 7) is 2.44. The second-order valence-electron chi connectivity index (χ2n) is 10.1. The van der Waals surface area contributed by atoms with Gasteiger partial charge in [-0.25, -0.2) is 4.79 Å². The SMILES string of the molecule is CCc1ccccc1C(=O)C1CC2CCC(C1)N2C(=O)OCC1c2ccccc2-c2ccccc21. The minimum absolute atomic E-state index is 0.0159. The van der Waals surface area contributed by atoms with Crippen molar-refractivity contribution in [3.63, 3.8) is 0 Å². The molecule has 0 N–H and O–H groups in total. The van der Waals surface area contributed by atoms with Gasteiger partial charge in [-0.2, -0.15) is 0 Å². The van der Waals surface area contributed by atoms with E-state index in [4.69, 9.17) is 4.74 Å². The first-order valence-electron chi connectivity index (χ1n) is 12.9. The standard InChI is InChI=1S/C31H31NO3/c1-2-20-9-3-4-10-24(20)30(33)21-17-22-15-16-23(18-21)32(22)31(34)35-19-29-27-13-7-5-11-25(27)26-12-6-8-14-28(26)29/h3-14,21-23,29H,2,15-19H2,1H3. The third-order valence-corrected chi connectivity index (χ3v) is 8.31. The van der Waals surface area contributed by atoms with E-state index < -0.39 is 0 Å². The van der Waals surface area contributed by atoms with Gasteiger partial charge in [0.1, 0.15) is 6.61 Å². The fraction of sp³-hybridized carbons (Fsp3) is 0.355. The van der Waals surface area contributed by atoms with Gasteiger partial charge in [-0.3, -0.25) is 4.79 Å². The molecule has 2 bridgehead atoms. The van der Waals surface area contributed by atoms with Crippen molar-refractivity contribution in [2.45, 2.75) is 57.0 Å². The van der Waals surface area contributed by atoms with Gasteiger partial charge in [0.05, 0.1) is 0 Å². The minimum Gasteiger partial charge on any atom is -0.448 e. The monoisotopic (exact) mass is 465 g/mol. The van der Waals surface area contributed by atoms with Crippen LogP contribution in [0.15, 0.2) is 72.8 Å². The van der Waals surface area contributed by atoms with E-state index in [2.05, 4.69) is 55.5 Å². The lowest BCUT2D eigenvalue weighted by atomic mass is 9.83. The van der Waals surface area contributed by atoms with Crippen molar-refractivity contribution in [3.05, 3.63) is 95.1 Å². The van der Waals surface area contributed by atoms with Crippen molar-refractivity contribution >= 4 is 11.9 Å². The van der Waals surface area contributed by atoms with Gasteiger partial charge in [0, 0.05) is 29.5 Å². The maximum Gasteiger partial charge on any atom is 0.410 e. The van der Waals surface area contributed by atoms with Gasteiger partial charge in [0.15, 0.2) is 5.78 Å². The van der Waals surface area contributed by atoms with Crippen LogP contribution in [0.3, 0.4) is 0 Å². The summed E-state index contributed by atoms with van der Waals surface area (Å²) in [5.41, 5.74) is 6.89. The Morgan fingerprint density at radius 3 is 2.03 bits per heavy atom. The van der Waals surface area contributed by atoms with E-state index in [-0.39, 0.29) is 35.8 Å². The molecule has 1 amide bonds. The maximum atomic E-state index is 13.4. The third-order valence-electron chi connectivity index (χ3n) is 8.31. The Hall–Kier alpha value is -3.40. The van der Waals surface area contributed by atoms with E-state index in [9.17, 15) is 9.59 Å². The van der Waals surface area contributed by atoms with Crippen molar-refractivity contribution < 1.29 is 14.3 Å². The average Bonchev–Trinajstić information content (AvgIpc) is 3.37. The maximum absolute atomic E-state index is 13.4. The van der Waals surface area contributed by atoms with Crippen LogP contribution in [0.5, 0.6) is 0 Å². The predicted octanol–water partition coefficient (Wildman–Crippen LogP) is 6.62. The number of fused-ring (bicyclic) bond motifs is 5. The number of ether oxygens (including phenoxy) is 1. The van der Waals surface area contributed by atoms with E-state index in [0.717, 1.165) is 43.2 Å². The largest absolute Gasteiger partial charge is 0.448 e. The quantitative estimate of drug-likeness (QED) is 0.398. The Morgan fingerprint density at radius 1 is 0.829 bits per heavy atom. The van der Waals surface area contributed by atoms with Gasteiger partial charge < -0.3 is 9.64 Å². The third kappa shape index (κ3) is 3.76. The van der Waals surface area contributed by atoms with Crippen molar-refractivity contribution in [1.82, 2.24) is 4.90 Å². The normalized spacial score (nSPS) is 22.5. The van der Waals surface area contributed by atoms with Crippen LogP contribution in [0, 0.1) is 5.92 Å². The van der Waals surface area contributed by atoms with Crippen molar-refractivity contribution in [1.29, 1.82) is 0 Å². The number of hydrogen-bond acceptors (Lipinski definition) is 3. The number of hydrogen-bond donors (Lipinski definition) is 0. The zero-order valence-electron chi connectivity index (χ0n) is 20.2. The van der Waals surface area contributed by atoms with Crippen LogP contribution < -0.4 is 0 Å². The average molecular weight is 466 g/mol. The summed E-state index contributed by atoms with van der Waals surface area (Å²) in [7, 11) is 0. The van der Waals surface area contributed by atoms with Crippen LogP contribution in [0.25, 0.3) is 11.1 Å². The molecule has 0 radical (unpaired) electrons.